The van der Waals surface area contributed by atoms with Crippen LogP contribution in [0.1, 0.15) is 65.7 Å². The molecule has 5 fully saturated rings. The average molecular weight is 431 g/mol. The highest BCUT2D eigenvalue weighted by atomic mass is 32.1. The van der Waals surface area contributed by atoms with Gasteiger partial charge in [0.05, 0.1) is 30.3 Å². The highest BCUT2D eigenvalue weighted by Gasteiger charge is 2.61. The average Bonchev–Trinajstić information content (AvgIpc) is 3.47. The Morgan fingerprint density at radius 1 is 1.13 bits per heavy atom. The Kier molecular flexibility index (Phi) is 4.70. The van der Waals surface area contributed by atoms with Crippen molar-refractivity contribution in [3.63, 3.8) is 0 Å². The maximum atomic E-state index is 13.6. The lowest BCUT2D eigenvalue weighted by Gasteiger charge is -2.31. The van der Waals surface area contributed by atoms with Crippen molar-refractivity contribution in [3.05, 3.63) is 16.0 Å². The maximum absolute atomic E-state index is 13.6. The smallest absolute Gasteiger partial charge is 0.254 e. The van der Waals surface area contributed by atoms with Gasteiger partial charge >= 0.3 is 0 Å². The molecule has 162 valence electrons. The van der Waals surface area contributed by atoms with E-state index in [4.69, 9.17) is 9.47 Å². The van der Waals surface area contributed by atoms with Gasteiger partial charge in [0.25, 0.3) is 5.91 Å². The van der Waals surface area contributed by atoms with E-state index in [1.165, 1.54) is 30.6 Å². The van der Waals surface area contributed by atoms with E-state index in [1.807, 2.05) is 0 Å². The Balaban J connectivity index is 1.25. The minimum atomic E-state index is -0.194. The molecule has 1 aromatic rings. The number of nitrogens with one attached hydrogen (secondary N) is 2. The summed E-state index contributed by atoms with van der Waals surface area (Å²) in [5.41, 5.74) is 1.53. The fraction of sp³-hybridized carbons (Fsp3) is 0.739. The molecule has 0 spiro atoms. The number of amides is 2. The van der Waals surface area contributed by atoms with Crippen molar-refractivity contribution >= 4 is 28.2 Å². The second-order valence-electron chi connectivity index (χ2n) is 10.0. The molecule has 7 heteroatoms. The zero-order valence-electron chi connectivity index (χ0n) is 17.3. The summed E-state index contributed by atoms with van der Waals surface area (Å²) in [4.78, 5) is 27.8. The number of carbonyl (C=O) groups is 2. The maximum Gasteiger partial charge on any atom is 0.254 e. The zero-order valence-corrected chi connectivity index (χ0v) is 18.2. The number of hydrogen-bond donors (Lipinski definition) is 2. The predicted molar refractivity (Wildman–Crippen MR) is 114 cm³/mol. The largest absolute Gasteiger partial charge is 0.376 e. The first-order chi connectivity index (χ1) is 14.6. The van der Waals surface area contributed by atoms with E-state index in [2.05, 4.69) is 10.6 Å². The van der Waals surface area contributed by atoms with Crippen LogP contribution in [0.2, 0.25) is 0 Å². The monoisotopic (exact) mass is 430 g/mol. The molecule has 2 aliphatic heterocycles. The van der Waals surface area contributed by atoms with E-state index in [-0.39, 0.29) is 23.3 Å². The van der Waals surface area contributed by atoms with Crippen LogP contribution in [0.15, 0.2) is 0 Å². The summed E-state index contributed by atoms with van der Waals surface area (Å²) in [5.74, 6) is 2.07. The highest BCUT2D eigenvalue weighted by molar-refractivity contribution is 7.17. The van der Waals surface area contributed by atoms with Gasteiger partial charge in [-0.3, -0.25) is 9.59 Å². The van der Waals surface area contributed by atoms with Crippen LogP contribution in [0.25, 0.3) is 0 Å². The molecule has 3 heterocycles. The molecule has 0 aromatic carbocycles. The van der Waals surface area contributed by atoms with Gasteiger partial charge in [0.1, 0.15) is 5.00 Å². The van der Waals surface area contributed by atoms with Crippen molar-refractivity contribution < 1.29 is 19.1 Å². The topological polar surface area (TPSA) is 76.7 Å². The van der Waals surface area contributed by atoms with Crippen molar-refractivity contribution in [2.75, 3.05) is 25.1 Å². The van der Waals surface area contributed by atoms with Crippen LogP contribution < -0.4 is 10.6 Å². The van der Waals surface area contributed by atoms with E-state index in [0.717, 1.165) is 66.0 Å². The fourth-order valence-corrected chi connectivity index (χ4v) is 8.23. The van der Waals surface area contributed by atoms with E-state index in [0.29, 0.717) is 31.2 Å². The summed E-state index contributed by atoms with van der Waals surface area (Å²) in [5, 5.41) is 7.05. The van der Waals surface area contributed by atoms with E-state index < -0.39 is 0 Å². The van der Waals surface area contributed by atoms with Crippen molar-refractivity contribution in [2.45, 2.75) is 64.1 Å². The number of ether oxygens (including phenoxy) is 2. The molecule has 4 bridgehead atoms. The van der Waals surface area contributed by atoms with Gasteiger partial charge in [0.15, 0.2) is 0 Å². The molecule has 0 radical (unpaired) electrons. The second kappa shape index (κ2) is 7.31. The normalized spacial score (nSPS) is 36.1. The number of carbonyl (C=O) groups excluding carboxylic acids is 2. The predicted octanol–water partition coefficient (Wildman–Crippen LogP) is 3.49. The lowest BCUT2D eigenvalue weighted by Crippen LogP contribution is -2.38. The van der Waals surface area contributed by atoms with Crippen LogP contribution in [-0.2, 0) is 27.3 Å². The SMILES string of the molecule is O=C(NC[C@H]1CCCO1)c1c(NC(=O)C23CC4CC(CC2C4)C3)sc2c1CCOC2. The minimum absolute atomic E-state index is 0.0880. The van der Waals surface area contributed by atoms with E-state index in [1.54, 1.807) is 0 Å². The molecule has 6 nitrogen and oxygen atoms in total. The first-order valence-corrected chi connectivity index (χ1v) is 12.4. The molecule has 4 saturated carbocycles. The third kappa shape index (κ3) is 3.04. The molecule has 4 aliphatic carbocycles. The first kappa shape index (κ1) is 19.3. The molecule has 3 atom stereocenters. The molecule has 1 aromatic heterocycles. The van der Waals surface area contributed by atoms with Crippen LogP contribution in [0.3, 0.4) is 0 Å². The second-order valence-corrected chi connectivity index (χ2v) is 11.1. The molecule has 1 saturated heterocycles. The molecule has 6 aliphatic rings. The Morgan fingerprint density at radius 3 is 2.73 bits per heavy atom. The Hall–Kier alpha value is -1.44. The molecule has 30 heavy (non-hydrogen) atoms. The van der Waals surface area contributed by atoms with Gasteiger partial charge in [-0.25, -0.2) is 0 Å². The van der Waals surface area contributed by atoms with Gasteiger partial charge < -0.3 is 20.1 Å². The Labute approximate surface area is 181 Å². The highest BCUT2D eigenvalue weighted by Crippen LogP contribution is 2.65. The first-order valence-electron chi connectivity index (χ1n) is 11.6. The van der Waals surface area contributed by atoms with Crippen LogP contribution >= 0.6 is 11.3 Å². The van der Waals surface area contributed by atoms with E-state index >= 15 is 0 Å². The number of rotatable bonds is 5. The summed E-state index contributed by atoms with van der Waals surface area (Å²) in [6.45, 7) is 2.46. The lowest BCUT2D eigenvalue weighted by molar-refractivity contribution is -0.127. The third-order valence-electron chi connectivity index (χ3n) is 8.23. The Bertz CT molecular complexity index is 861. The van der Waals surface area contributed by atoms with Gasteiger partial charge in [-0.05, 0) is 74.7 Å². The molecule has 2 amide bonds. The van der Waals surface area contributed by atoms with Crippen molar-refractivity contribution in [1.82, 2.24) is 5.32 Å². The van der Waals surface area contributed by atoms with Gasteiger partial charge in [0.2, 0.25) is 5.91 Å². The standard InChI is InChI=1S/C23H30N2O4S/c26-20(24-11-16-2-1-4-29-16)19-17-3-5-28-12-18(17)30-21(19)25-22(27)23-9-13-6-14(10-23)8-15(23)7-13/h13-16H,1-12H2,(H,24,26)(H,25,27)/t13?,14?,15?,16-,23?/m1/s1. The third-order valence-corrected chi connectivity index (χ3v) is 9.35. The summed E-state index contributed by atoms with van der Waals surface area (Å²) in [6, 6.07) is 0. The molecular weight excluding hydrogens is 400 g/mol. The van der Waals surface area contributed by atoms with Crippen LogP contribution in [0.4, 0.5) is 5.00 Å². The number of anilines is 1. The van der Waals surface area contributed by atoms with Gasteiger partial charge in [-0.1, -0.05) is 0 Å². The number of fused-ring (bicyclic) bond motifs is 1. The fourth-order valence-electron chi connectivity index (χ4n) is 7.06. The van der Waals surface area contributed by atoms with Gasteiger partial charge in [-0.15, -0.1) is 11.3 Å². The summed E-state index contributed by atoms with van der Waals surface area (Å²) < 4.78 is 11.3. The van der Waals surface area contributed by atoms with E-state index in [9.17, 15) is 9.59 Å². The summed E-state index contributed by atoms with van der Waals surface area (Å²) in [6.07, 6.45) is 8.69. The lowest BCUT2D eigenvalue weighted by atomic mass is 9.75. The molecule has 2 unspecified atom stereocenters. The zero-order chi connectivity index (χ0) is 20.3. The number of thiophene rings is 1. The molecular formula is C23H30N2O4S. The van der Waals surface area contributed by atoms with Crippen LogP contribution in [0, 0.1) is 23.2 Å². The van der Waals surface area contributed by atoms with Crippen LogP contribution in [0.5, 0.6) is 0 Å². The van der Waals surface area contributed by atoms with Crippen LogP contribution in [-0.4, -0.2) is 37.7 Å². The summed E-state index contributed by atoms with van der Waals surface area (Å²) >= 11 is 1.53. The van der Waals surface area contributed by atoms with Crippen molar-refractivity contribution in [1.29, 1.82) is 0 Å². The minimum Gasteiger partial charge on any atom is -0.376 e. The van der Waals surface area contributed by atoms with Gasteiger partial charge in [-0.2, -0.15) is 0 Å². The number of hydrogen-bond acceptors (Lipinski definition) is 5. The quantitative estimate of drug-likeness (QED) is 0.750. The molecule has 2 N–H and O–H groups in total. The molecule has 7 rings (SSSR count). The van der Waals surface area contributed by atoms with Crippen molar-refractivity contribution in [3.8, 4) is 0 Å². The Morgan fingerprint density at radius 2 is 1.97 bits per heavy atom. The van der Waals surface area contributed by atoms with Crippen molar-refractivity contribution in [2.24, 2.45) is 23.2 Å². The van der Waals surface area contributed by atoms with Gasteiger partial charge in [0, 0.05) is 18.0 Å². The summed E-state index contributed by atoms with van der Waals surface area (Å²) in [7, 11) is 0.